The summed E-state index contributed by atoms with van der Waals surface area (Å²) in [6, 6.07) is 0. The maximum atomic E-state index is 13.3. The molecule has 1 rings (SSSR count). The summed E-state index contributed by atoms with van der Waals surface area (Å²) < 4.78 is 11.3. The molecule has 27 heavy (non-hydrogen) atoms. The number of unbranched alkanes of at least 4 members (excludes halogenated alkanes) is 1. The molecule has 0 aromatic rings. The minimum Gasteiger partial charge on any atom is -0.465 e. The zero-order valence-electron chi connectivity index (χ0n) is 18.8. The van der Waals surface area contributed by atoms with E-state index in [1.54, 1.807) is 0 Å². The first kappa shape index (κ1) is 24.0. The molecule has 0 amide bonds. The fourth-order valence-corrected chi connectivity index (χ4v) is 3.78. The van der Waals surface area contributed by atoms with E-state index in [9.17, 15) is 9.59 Å². The number of carbonyl (C=O) groups is 2. The van der Waals surface area contributed by atoms with E-state index in [-0.39, 0.29) is 35.1 Å². The van der Waals surface area contributed by atoms with Gasteiger partial charge in [-0.1, -0.05) is 74.1 Å². The van der Waals surface area contributed by atoms with Crippen LogP contribution in [0, 0.1) is 22.2 Å². The summed E-state index contributed by atoms with van der Waals surface area (Å²) in [7, 11) is 0. The molecule has 4 nitrogen and oxygen atoms in total. The van der Waals surface area contributed by atoms with Gasteiger partial charge in [0.05, 0.1) is 25.0 Å². The third-order valence-electron chi connectivity index (χ3n) is 5.28. The molecule has 1 atom stereocenters. The van der Waals surface area contributed by atoms with E-state index in [0.717, 1.165) is 38.5 Å². The summed E-state index contributed by atoms with van der Waals surface area (Å²) in [5.74, 6) is -0.232. The predicted molar refractivity (Wildman–Crippen MR) is 109 cm³/mol. The lowest BCUT2D eigenvalue weighted by molar-refractivity contribution is -0.170. The van der Waals surface area contributed by atoms with Crippen LogP contribution in [0.15, 0.2) is 0 Å². The standard InChI is InChI=1S/C23H42O4/c1-8-9-14-23(18-12-10-11-13-18,20(25)27-17-22(5,6)7)15-19(24)26-16-21(2,3)4/h18H,8-17H2,1-7H3. The van der Waals surface area contributed by atoms with Crippen LogP contribution in [0.2, 0.25) is 0 Å². The minimum absolute atomic E-state index is 0.0815. The van der Waals surface area contributed by atoms with Crippen LogP contribution in [-0.2, 0) is 19.1 Å². The number of ether oxygens (including phenoxy) is 2. The minimum atomic E-state index is -0.729. The molecule has 1 unspecified atom stereocenters. The first-order valence-corrected chi connectivity index (χ1v) is 10.7. The molecule has 0 aliphatic heterocycles. The summed E-state index contributed by atoms with van der Waals surface area (Å²) in [6.07, 6.45) is 7.04. The van der Waals surface area contributed by atoms with Gasteiger partial charge < -0.3 is 9.47 Å². The van der Waals surface area contributed by atoms with Gasteiger partial charge in [0.2, 0.25) is 0 Å². The highest BCUT2D eigenvalue weighted by atomic mass is 16.5. The molecule has 0 heterocycles. The lowest BCUT2D eigenvalue weighted by Gasteiger charge is -2.37. The van der Waals surface area contributed by atoms with Crippen molar-refractivity contribution >= 4 is 11.9 Å². The zero-order valence-corrected chi connectivity index (χ0v) is 18.8. The van der Waals surface area contributed by atoms with Crippen LogP contribution >= 0.6 is 0 Å². The summed E-state index contributed by atoms with van der Waals surface area (Å²) in [5, 5.41) is 0. The van der Waals surface area contributed by atoms with Gasteiger partial charge in [-0.2, -0.15) is 0 Å². The Bertz CT molecular complexity index is 478. The number of esters is 2. The monoisotopic (exact) mass is 382 g/mol. The topological polar surface area (TPSA) is 52.6 Å². The Balaban J connectivity index is 3.02. The maximum absolute atomic E-state index is 13.3. The maximum Gasteiger partial charge on any atom is 0.312 e. The van der Waals surface area contributed by atoms with Gasteiger partial charge in [0, 0.05) is 0 Å². The highest BCUT2D eigenvalue weighted by Crippen LogP contribution is 2.47. The predicted octanol–water partition coefficient (Wildman–Crippen LogP) is 5.92. The van der Waals surface area contributed by atoms with Crippen molar-refractivity contribution in [2.75, 3.05) is 13.2 Å². The lowest BCUT2D eigenvalue weighted by atomic mass is 9.68. The van der Waals surface area contributed by atoms with Gasteiger partial charge in [0.25, 0.3) is 0 Å². The van der Waals surface area contributed by atoms with Crippen molar-refractivity contribution in [3.63, 3.8) is 0 Å². The molecule has 1 aliphatic rings. The van der Waals surface area contributed by atoms with Crippen LogP contribution in [-0.4, -0.2) is 25.2 Å². The average Bonchev–Trinajstić information content (AvgIpc) is 3.08. The zero-order chi connectivity index (χ0) is 20.7. The van der Waals surface area contributed by atoms with E-state index in [2.05, 4.69) is 27.7 Å². The van der Waals surface area contributed by atoms with Crippen molar-refractivity contribution in [3.8, 4) is 0 Å². The van der Waals surface area contributed by atoms with Gasteiger partial charge in [-0.05, 0) is 36.0 Å². The second-order valence-corrected chi connectivity index (χ2v) is 10.8. The highest BCUT2D eigenvalue weighted by Gasteiger charge is 2.49. The van der Waals surface area contributed by atoms with Crippen molar-refractivity contribution in [2.24, 2.45) is 22.2 Å². The van der Waals surface area contributed by atoms with E-state index < -0.39 is 5.41 Å². The van der Waals surface area contributed by atoms with Gasteiger partial charge in [-0.3, -0.25) is 9.59 Å². The van der Waals surface area contributed by atoms with Crippen LogP contribution in [0.5, 0.6) is 0 Å². The highest BCUT2D eigenvalue weighted by molar-refractivity contribution is 5.84. The molecule has 0 spiro atoms. The molecule has 1 fully saturated rings. The van der Waals surface area contributed by atoms with Crippen molar-refractivity contribution in [2.45, 2.75) is 99.8 Å². The Morgan fingerprint density at radius 2 is 1.41 bits per heavy atom. The second kappa shape index (κ2) is 9.93. The van der Waals surface area contributed by atoms with Crippen molar-refractivity contribution in [1.29, 1.82) is 0 Å². The molecule has 0 bridgehead atoms. The van der Waals surface area contributed by atoms with E-state index in [4.69, 9.17) is 9.47 Å². The smallest absolute Gasteiger partial charge is 0.312 e. The SMILES string of the molecule is CCCCC(CC(=O)OCC(C)(C)C)(C(=O)OCC(C)(C)C)C1CCCC1. The summed E-state index contributed by atoms with van der Waals surface area (Å²) >= 11 is 0. The Morgan fingerprint density at radius 3 is 1.89 bits per heavy atom. The molecular formula is C23H42O4. The van der Waals surface area contributed by atoms with Gasteiger partial charge >= 0.3 is 11.9 Å². The van der Waals surface area contributed by atoms with E-state index >= 15 is 0 Å². The van der Waals surface area contributed by atoms with Crippen LogP contribution in [0.1, 0.15) is 99.8 Å². The molecule has 0 N–H and O–H groups in total. The molecule has 0 saturated heterocycles. The van der Waals surface area contributed by atoms with Crippen LogP contribution in [0.3, 0.4) is 0 Å². The van der Waals surface area contributed by atoms with Crippen LogP contribution in [0.25, 0.3) is 0 Å². The summed E-state index contributed by atoms with van der Waals surface area (Å²) in [5.41, 5.74) is -0.900. The second-order valence-electron chi connectivity index (χ2n) is 10.8. The molecular weight excluding hydrogens is 340 g/mol. The summed E-state index contributed by atoms with van der Waals surface area (Å²) in [6.45, 7) is 15.2. The molecule has 0 radical (unpaired) electrons. The normalized spacial score (nSPS) is 18.2. The van der Waals surface area contributed by atoms with E-state index in [1.165, 1.54) is 0 Å². The van der Waals surface area contributed by atoms with Crippen LogP contribution < -0.4 is 0 Å². The van der Waals surface area contributed by atoms with Gasteiger partial charge in [0.15, 0.2) is 0 Å². The Morgan fingerprint density at radius 1 is 0.889 bits per heavy atom. The van der Waals surface area contributed by atoms with Crippen molar-refractivity contribution in [1.82, 2.24) is 0 Å². The Kier molecular flexibility index (Phi) is 8.82. The number of hydrogen-bond acceptors (Lipinski definition) is 4. The Labute approximate surface area is 166 Å². The third-order valence-corrected chi connectivity index (χ3v) is 5.28. The molecule has 1 aliphatic carbocycles. The number of carbonyl (C=O) groups excluding carboxylic acids is 2. The molecule has 0 aromatic carbocycles. The third kappa shape index (κ3) is 8.23. The fourth-order valence-electron chi connectivity index (χ4n) is 3.78. The van der Waals surface area contributed by atoms with Gasteiger partial charge in [-0.15, -0.1) is 0 Å². The van der Waals surface area contributed by atoms with Gasteiger partial charge in [0.1, 0.15) is 0 Å². The van der Waals surface area contributed by atoms with E-state index in [0.29, 0.717) is 19.6 Å². The first-order valence-electron chi connectivity index (χ1n) is 10.7. The fraction of sp³-hybridized carbons (Fsp3) is 0.913. The average molecular weight is 383 g/mol. The van der Waals surface area contributed by atoms with E-state index in [1.807, 2.05) is 20.8 Å². The quantitative estimate of drug-likeness (QED) is 0.464. The Hall–Kier alpha value is -1.06. The molecule has 1 saturated carbocycles. The van der Waals surface area contributed by atoms with Gasteiger partial charge in [-0.25, -0.2) is 0 Å². The lowest BCUT2D eigenvalue weighted by Crippen LogP contribution is -2.42. The van der Waals surface area contributed by atoms with Crippen molar-refractivity contribution < 1.29 is 19.1 Å². The molecule has 4 heteroatoms. The number of rotatable bonds is 9. The van der Waals surface area contributed by atoms with Crippen molar-refractivity contribution in [3.05, 3.63) is 0 Å². The molecule has 158 valence electrons. The number of hydrogen-bond donors (Lipinski definition) is 0. The van der Waals surface area contributed by atoms with Crippen LogP contribution in [0.4, 0.5) is 0 Å². The first-order chi connectivity index (χ1) is 12.4. The largest absolute Gasteiger partial charge is 0.465 e. The summed E-state index contributed by atoms with van der Waals surface area (Å²) in [4.78, 5) is 26.0. The molecule has 0 aromatic heterocycles.